The molecule has 3 aromatic rings. The highest BCUT2D eigenvalue weighted by Gasteiger charge is 2.05. The van der Waals surface area contributed by atoms with E-state index in [1.807, 2.05) is 33.9 Å². The number of rotatable bonds is 4. The Morgan fingerprint density at radius 3 is 2.28 bits per heavy atom. The van der Waals surface area contributed by atoms with Crippen molar-refractivity contribution in [2.75, 3.05) is 0 Å². The molecule has 0 saturated heterocycles. The van der Waals surface area contributed by atoms with E-state index in [0.717, 1.165) is 13.1 Å². The van der Waals surface area contributed by atoms with Crippen LogP contribution in [0.25, 0.3) is 0 Å². The highest BCUT2D eigenvalue weighted by Crippen LogP contribution is 2.10. The fourth-order valence-corrected chi connectivity index (χ4v) is 2.07. The molecule has 0 amide bonds. The molecule has 0 spiro atoms. The zero-order chi connectivity index (χ0) is 12.4. The predicted octanol–water partition coefficient (Wildman–Crippen LogP) is 1.51. The van der Waals surface area contributed by atoms with E-state index in [9.17, 15) is 0 Å². The number of aryl methyl sites for hydroxylation is 1. The van der Waals surface area contributed by atoms with Crippen molar-refractivity contribution in [1.29, 1.82) is 0 Å². The van der Waals surface area contributed by atoms with E-state index in [2.05, 4.69) is 34.1 Å². The summed E-state index contributed by atoms with van der Waals surface area (Å²) in [6, 6.07) is 6.07. The molecule has 5 heteroatoms. The van der Waals surface area contributed by atoms with Gasteiger partial charge in [-0.25, -0.2) is 0 Å². The average Bonchev–Trinajstić information content (AvgIpc) is 3.04. The summed E-state index contributed by atoms with van der Waals surface area (Å²) in [6.07, 6.45) is 9.68. The lowest BCUT2D eigenvalue weighted by molar-refractivity contribution is 0.648. The second-order valence-corrected chi connectivity index (χ2v) is 4.36. The third kappa shape index (κ3) is 2.20. The van der Waals surface area contributed by atoms with Crippen LogP contribution >= 0.6 is 0 Å². The summed E-state index contributed by atoms with van der Waals surface area (Å²) in [7, 11) is 2.06. The summed E-state index contributed by atoms with van der Waals surface area (Å²) < 4.78 is 5.99. The molecule has 3 aromatic heterocycles. The van der Waals surface area contributed by atoms with Crippen molar-refractivity contribution >= 4 is 0 Å². The Balaban J connectivity index is 1.78. The quantitative estimate of drug-likeness (QED) is 0.694. The SMILES string of the molecule is Cn1cc(Cn2cccn2)cc1Cn1cccn1. The molecule has 0 atom stereocenters. The summed E-state index contributed by atoms with van der Waals surface area (Å²) in [4.78, 5) is 0. The first-order chi connectivity index (χ1) is 8.81. The Kier molecular flexibility index (Phi) is 2.72. The van der Waals surface area contributed by atoms with Crippen LogP contribution in [-0.2, 0) is 20.1 Å². The molecule has 0 unspecified atom stereocenters. The molecule has 0 radical (unpaired) electrons. The summed E-state index contributed by atoms with van der Waals surface area (Å²) in [5.74, 6) is 0. The van der Waals surface area contributed by atoms with Crippen LogP contribution in [0.3, 0.4) is 0 Å². The van der Waals surface area contributed by atoms with Crippen LogP contribution in [0.15, 0.2) is 49.2 Å². The molecule has 0 aliphatic rings. The second-order valence-electron chi connectivity index (χ2n) is 4.36. The van der Waals surface area contributed by atoms with E-state index in [0.29, 0.717) is 0 Å². The number of nitrogens with zero attached hydrogens (tertiary/aromatic N) is 5. The minimum Gasteiger partial charge on any atom is -0.352 e. The van der Waals surface area contributed by atoms with Gasteiger partial charge in [0.05, 0.1) is 13.1 Å². The molecule has 0 N–H and O–H groups in total. The summed E-state index contributed by atoms with van der Waals surface area (Å²) in [6.45, 7) is 1.60. The molecule has 0 aliphatic carbocycles. The molecular weight excluding hydrogens is 226 g/mol. The van der Waals surface area contributed by atoms with Crippen molar-refractivity contribution in [1.82, 2.24) is 24.1 Å². The van der Waals surface area contributed by atoms with Crippen LogP contribution in [0.2, 0.25) is 0 Å². The standard InChI is InChI=1S/C13H15N5/c1-16-9-12(10-17-6-2-4-14-17)8-13(16)11-18-7-3-5-15-18/h2-9H,10-11H2,1H3. The van der Waals surface area contributed by atoms with Gasteiger partial charge in [-0.2, -0.15) is 10.2 Å². The fraction of sp³-hybridized carbons (Fsp3) is 0.231. The molecule has 5 nitrogen and oxygen atoms in total. The molecular formula is C13H15N5. The maximum atomic E-state index is 4.22. The van der Waals surface area contributed by atoms with Crippen LogP contribution in [0.1, 0.15) is 11.3 Å². The second kappa shape index (κ2) is 4.52. The van der Waals surface area contributed by atoms with E-state index in [1.165, 1.54) is 11.3 Å². The number of hydrogen-bond acceptors (Lipinski definition) is 2. The minimum atomic E-state index is 0.794. The van der Waals surface area contributed by atoms with Gasteiger partial charge in [0.25, 0.3) is 0 Å². The predicted molar refractivity (Wildman–Crippen MR) is 68.1 cm³/mol. The number of aromatic nitrogens is 5. The van der Waals surface area contributed by atoms with Gasteiger partial charge in [-0.3, -0.25) is 9.36 Å². The maximum absolute atomic E-state index is 4.22. The van der Waals surface area contributed by atoms with Gasteiger partial charge in [-0.1, -0.05) is 0 Å². The van der Waals surface area contributed by atoms with Crippen molar-refractivity contribution in [3.05, 3.63) is 60.4 Å². The van der Waals surface area contributed by atoms with Gasteiger partial charge in [-0.05, 0) is 23.8 Å². The fourth-order valence-electron chi connectivity index (χ4n) is 2.07. The number of hydrogen-bond donors (Lipinski definition) is 0. The van der Waals surface area contributed by atoms with Crippen LogP contribution in [0, 0.1) is 0 Å². The Morgan fingerprint density at radius 2 is 1.67 bits per heavy atom. The topological polar surface area (TPSA) is 40.6 Å². The van der Waals surface area contributed by atoms with Crippen LogP contribution in [0.4, 0.5) is 0 Å². The zero-order valence-corrected chi connectivity index (χ0v) is 10.3. The van der Waals surface area contributed by atoms with E-state index in [4.69, 9.17) is 0 Å². The molecule has 0 saturated carbocycles. The van der Waals surface area contributed by atoms with Gasteiger partial charge in [0.15, 0.2) is 0 Å². The monoisotopic (exact) mass is 241 g/mol. The van der Waals surface area contributed by atoms with Crippen LogP contribution in [0.5, 0.6) is 0 Å². The first-order valence-electron chi connectivity index (χ1n) is 5.90. The molecule has 3 heterocycles. The van der Waals surface area contributed by atoms with Gasteiger partial charge in [-0.15, -0.1) is 0 Å². The minimum absolute atomic E-state index is 0.794. The van der Waals surface area contributed by atoms with Crippen molar-refractivity contribution < 1.29 is 0 Å². The van der Waals surface area contributed by atoms with Crippen molar-refractivity contribution in [3.63, 3.8) is 0 Å². The third-order valence-corrected chi connectivity index (χ3v) is 2.95. The third-order valence-electron chi connectivity index (χ3n) is 2.95. The van der Waals surface area contributed by atoms with E-state index in [-0.39, 0.29) is 0 Å². The first-order valence-corrected chi connectivity index (χ1v) is 5.90. The van der Waals surface area contributed by atoms with Gasteiger partial charge < -0.3 is 4.57 Å². The van der Waals surface area contributed by atoms with E-state index >= 15 is 0 Å². The summed E-state index contributed by atoms with van der Waals surface area (Å²) >= 11 is 0. The Hall–Kier alpha value is -2.30. The molecule has 92 valence electrons. The lowest BCUT2D eigenvalue weighted by Crippen LogP contribution is -2.03. The molecule has 0 fully saturated rings. The summed E-state index contributed by atoms with van der Waals surface area (Å²) in [5.41, 5.74) is 2.49. The smallest absolute Gasteiger partial charge is 0.0811 e. The largest absolute Gasteiger partial charge is 0.352 e. The molecule has 3 rings (SSSR count). The molecule has 18 heavy (non-hydrogen) atoms. The van der Waals surface area contributed by atoms with E-state index < -0.39 is 0 Å². The van der Waals surface area contributed by atoms with Gasteiger partial charge in [0, 0.05) is 43.7 Å². The Bertz CT molecular complexity index is 604. The molecule has 0 aliphatic heterocycles. The lowest BCUT2D eigenvalue weighted by Gasteiger charge is -2.02. The zero-order valence-electron chi connectivity index (χ0n) is 10.3. The Labute approximate surface area is 105 Å². The van der Waals surface area contributed by atoms with Crippen molar-refractivity contribution in [3.8, 4) is 0 Å². The maximum Gasteiger partial charge on any atom is 0.0811 e. The highest BCUT2D eigenvalue weighted by molar-refractivity contribution is 5.19. The van der Waals surface area contributed by atoms with Crippen LogP contribution < -0.4 is 0 Å². The highest BCUT2D eigenvalue weighted by atomic mass is 15.3. The van der Waals surface area contributed by atoms with Crippen molar-refractivity contribution in [2.45, 2.75) is 13.1 Å². The summed E-state index contributed by atoms with van der Waals surface area (Å²) in [5, 5.41) is 8.44. The van der Waals surface area contributed by atoms with Crippen molar-refractivity contribution in [2.24, 2.45) is 7.05 Å². The average molecular weight is 241 g/mol. The normalized spacial score (nSPS) is 10.9. The van der Waals surface area contributed by atoms with Gasteiger partial charge in [0.2, 0.25) is 0 Å². The first kappa shape index (κ1) is 10.8. The lowest BCUT2D eigenvalue weighted by atomic mass is 10.3. The Morgan fingerprint density at radius 1 is 1.00 bits per heavy atom. The molecule has 0 bridgehead atoms. The van der Waals surface area contributed by atoms with E-state index in [1.54, 1.807) is 12.4 Å². The van der Waals surface area contributed by atoms with Gasteiger partial charge in [0.1, 0.15) is 0 Å². The van der Waals surface area contributed by atoms with Gasteiger partial charge >= 0.3 is 0 Å². The molecule has 0 aromatic carbocycles. The van der Waals surface area contributed by atoms with Crippen LogP contribution in [-0.4, -0.2) is 24.1 Å².